The molecule has 0 saturated carbocycles. The van der Waals surface area contributed by atoms with Crippen molar-refractivity contribution in [2.24, 2.45) is 0 Å². The van der Waals surface area contributed by atoms with Crippen molar-refractivity contribution < 1.29 is 9.47 Å². The highest BCUT2D eigenvalue weighted by Crippen LogP contribution is 2.62. The van der Waals surface area contributed by atoms with Crippen LogP contribution in [0.25, 0.3) is 22.3 Å². The van der Waals surface area contributed by atoms with Crippen LogP contribution in [0.5, 0.6) is 23.0 Å². The number of aryl methyl sites for hydroxylation is 1. The Morgan fingerprint density at radius 1 is 0.425 bits per heavy atom. The third-order valence-electron chi connectivity index (χ3n) is 8.38. The van der Waals surface area contributed by atoms with Crippen LogP contribution in [0, 0.1) is 6.92 Å². The fourth-order valence-corrected chi connectivity index (χ4v) is 6.67. The van der Waals surface area contributed by atoms with Crippen LogP contribution >= 0.6 is 0 Å². The van der Waals surface area contributed by atoms with Crippen LogP contribution in [0.1, 0.15) is 27.8 Å². The molecule has 1 heterocycles. The van der Waals surface area contributed by atoms with Crippen molar-refractivity contribution in [2.75, 3.05) is 0 Å². The largest absolute Gasteiger partial charge is 0.449 e. The third-order valence-corrected chi connectivity index (χ3v) is 8.38. The lowest BCUT2D eigenvalue weighted by Gasteiger charge is -2.34. The molecule has 0 bridgehead atoms. The number of hydrogen-bond acceptors (Lipinski definition) is 2. The van der Waals surface area contributed by atoms with Crippen molar-refractivity contribution in [2.45, 2.75) is 12.3 Å². The topological polar surface area (TPSA) is 18.5 Å². The van der Waals surface area contributed by atoms with Gasteiger partial charge in [-0.3, -0.25) is 0 Å². The lowest BCUT2D eigenvalue weighted by atomic mass is 9.68. The van der Waals surface area contributed by atoms with Crippen LogP contribution in [-0.2, 0) is 5.41 Å². The summed E-state index contributed by atoms with van der Waals surface area (Å²) in [5, 5.41) is 0. The summed E-state index contributed by atoms with van der Waals surface area (Å²) in [6.45, 7) is 2.13. The maximum absolute atomic E-state index is 6.96. The molecule has 2 nitrogen and oxygen atoms in total. The molecule has 40 heavy (non-hydrogen) atoms. The molecule has 2 heteroatoms. The fraction of sp³-hybridized carbons (Fsp3) is 0.0526. The Labute approximate surface area is 234 Å². The number of rotatable bonds is 3. The fourth-order valence-electron chi connectivity index (χ4n) is 6.67. The summed E-state index contributed by atoms with van der Waals surface area (Å²) < 4.78 is 13.5. The van der Waals surface area contributed by atoms with E-state index >= 15 is 0 Å². The molecule has 2 aliphatic rings. The molecule has 6 aromatic carbocycles. The predicted octanol–water partition coefficient (Wildman–Crippen LogP) is 9.92. The van der Waals surface area contributed by atoms with Crippen molar-refractivity contribution in [3.63, 3.8) is 0 Å². The highest BCUT2D eigenvalue weighted by molar-refractivity contribution is 5.92. The quantitative estimate of drug-likeness (QED) is 0.234. The maximum Gasteiger partial charge on any atom is 0.178 e. The zero-order valence-electron chi connectivity index (χ0n) is 22.1. The first-order valence-electron chi connectivity index (χ1n) is 13.7. The van der Waals surface area contributed by atoms with Gasteiger partial charge in [-0.15, -0.1) is 0 Å². The van der Waals surface area contributed by atoms with Crippen LogP contribution in [0.3, 0.4) is 0 Å². The summed E-state index contributed by atoms with van der Waals surface area (Å²) in [5.74, 6) is 3.00. The average Bonchev–Trinajstić information content (AvgIpc) is 3.32. The first-order valence-corrected chi connectivity index (χ1v) is 13.7. The molecular formula is C38H26O2. The minimum Gasteiger partial charge on any atom is -0.449 e. The van der Waals surface area contributed by atoms with Gasteiger partial charge in [0, 0.05) is 11.1 Å². The van der Waals surface area contributed by atoms with Gasteiger partial charge in [0.1, 0.15) is 0 Å². The SMILES string of the molecule is Cc1ccccc1-c1cccc2c1Oc1c(ccc3c1-c1ccccc1C3(c1ccccc1)c1ccccc1)O2. The molecule has 0 unspecified atom stereocenters. The van der Waals surface area contributed by atoms with Gasteiger partial charge in [0.25, 0.3) is 0 Å². The van der Waals surface area contributed by atoms with Crippen LogP contribution in [0.2, 0.25) is 0 Å². The van der Waals surface area contributed by atoms with E-state index in [1.165, 1.54) is 33.4 Å². The zero-order chi connectivity index (χ0) is 26.7. The lowest BCUT2D eigenvalue weighted by Crippen LogP contribution is -2.28. The van der Waals surface area contributed by atoms with E-state index in [-0.39, 0.29) is 0 Å². The van der Waals surface area contributed by atoms with Crippen molar-refractivity contribution in [3.05, 3.63) is 167 Å². The molecule has 0 aromatic heterocycles. The van der Waals surface area contributed by atoms with Gasteiger partial charge in [0.05, 0.1) is 5.41 Å². The Kier molecular flexibility index (Phi) is 4.99. The summed E-state index contributed by atoms with van der Waals surface area (Å²) in [4.78, 5) is 0. The standard InChI is InChI=1S/C38H26O2/c1-25-13-8-9-18-28(25)29-20-12-22-33-36(29)40-37-34(39-33)24-23-32-35(37)30-19-10-11-21-31(30)38(32,26-14-4-2-5-15-26)27-16-6-3-7-17-27/h2-24H,1H3. The summed E-state index contributed by atoms with van der Waals surface area (Å²) in [6.07, 6.45) is 0. The third kappa shape index (κ3) is 3.11. The predicted molar refractivity (Wildman–Crippen MR) is 161 cm³/mol. The van der Waals surface area contributed by atoms with Crippen molar-refractivity contribution in [3.8, 4) is 45.3 Å². The van der Waals surface area contributed by atoms with Gasteiger partial charge in [-0.2, -0.15) is 0 Å². The van der Waals surface area contributed by atoms with Crippen molar-refractivity contribution >= 4 is 0 Å². The van der Waals surface area contributed by atoms with Crippen molar-refractivity contribution in [1.82, 2.24) is 0 Å². The molecular weight excluding hydrogens is 488 g/mol. The Morgan fingerprint density at radius 3 is 1.75 bits per heavy atom. The molecule has 0 radical (unpaired) electrons. The van der Waals surface area contributed by atoms with Crippen LogP contribution in [0.4, 0.5) is 0 Å². The van der Waals surface area contributed by atoms with E-state index in [4.69, 9.17) is 9.47 Å². The molecule has 8 rings (SSSR count). The van der Waals surface area contributed by atoms with Gasteiger partial charge in [-0.25, -0.2) is 0 Å². The maximum atomic E-state index is 6.96. The molecule has 0 atom stereocenters. The van der Waals surface area contributed by atoms with E-state index in [2.05, 4.69) is 134 Å². The van der Waals surface area contributed by atoms with Crippen molar-refractivity contribution in [1.29, 1.82) is 0 Å². The number of fused-ring (bicyclic) bond motifs is 6. The highest BCUT2D eigenvalue weighted by Gasteiger charge is 2.48. The number of benzene rings is 6. The van der Waals surface area contributed by atoms with Gasteiger partial charge in [-0.1, -0.05) is 127 Å². The first kappa shape index (κ1) is 22.9. The van der Waals surface area contributed by atoms with Gasteiger partial charge in [-0.05, 0) is 58.0 Å². The van der Waals surface area contributed by atoms with Crippen LogP contribution < -0.4 is 9.47 Å². The normalized spacial score (nSPS) is 13.7. The molecule has 0 amide bonds. The van der Waals surface area contributed by atoms with E-state index in [1.807, 2.05) is 12.1 Å². The molecule has 0 N–H and O–H groups in total. The van der Waals surface area contributed by atoms with Gasteiger partial charge in [0.15, 0.2) is 23.0 Å². The van der Waals surface area contributed by atoms with E-state index in [9.17, 15) is 0 Å². The van der Waals surface area contributed by atoms with E-state index in [0.717, 1.165) is 39.7 Å². The summed E-state index contributed by atoms with van der Waals surface area (Å²) >= 11 is 0. The highest BCUT2D eigenvalue weighted by atomic mass is 16.6. The first-order chi connectivity index (χ1) is 19.8. The Bertz CT molecular complexity index is 1860. The monoisotopic (exact) mass is 514 g/mol. The Hall–Kier alpha value is -5.08. The molecule has 0 fully saturated rings. The second-order valence-corrected chi connectivity index (χ2v) is 10.5. The minimum absolute atomic E-state index is 0.483. The molecule has 190 valence electrons. The van der Waals surface area contributed by atoms with E-state index < -0.39 is 5.41 Å². The Morgan fingerprint density at radius 2 is 1.02 bits per heavy atom. The van der Waals surface area contributed by atoms with Gasteiger partial charge in [0.2, 0.25) is 0 Å². The second kappa shape index (κ2) is 8.72. The summed E-state index contributed by atoms with van der Waals surface area (Å²) in [6, 6.07) is 49.2. The zero-order valence-corrected chi connectivity index (χ0v) is 22.1. The van der Waals surface area contributed by atoms with Gasteiger partial charge < -0.3 is 9.47 Å². The van der Waals surface area contributed by atoms with Gasteiger partial charge >= 0.3 is 0 Å². The molecule has 1 aliphatic carbocycles. The number of hydrogen-bond donors (Lipinski definition) is 0. The Balaban J connectivity index is 1.42. The molecule has 0 saturated heterocycles. The molecule has 1 aliphatic heterocycles. The summed E-state index contributed by atoms with van der Waals surface area (Å²) in [5.41, 5.74) is 10.0. The average molecular weight is 515 g/mol. The summed E-state index contributed by atoms with van der Waals surface area (Å²) in [7, 11) is 0. The van der Waals surface area contributed by atoms with Crippen LogP contribution in [-0.4, -0.2) is 0 Å². The smallest absolute Gasteiger partial charge is 0.178 e. The lowest BCUT2D eigenvalue weighted by molar-refractivity contribution is 0.361. The minimum atomic E-state index is -0.483. The van der Waals surface area contributed by atoms with Crippen LogP contribution in [0.15, 0.2) is 140 Å². The number of ether oxygens (including phenoxy) is 2. The van der Waals surface area contributed by atoms with E-state index in [1.54, 1.807) is 0 Å². The van der Waals surface area contributed by atoms with E-state index in [0.29, 0.717) is 0 Å². The molecule has 6 aromatic rings. The number of para-hydroxylation sites is 1. The second-order valence-electron chi connectivity index (χ2n) is 10.5. The molecule has 0 spiro atoms.